The van der Waals surface area contributed by atoms with Gasteiger partial charge in [-0.05, 0) is 11.7 Å². The summed E-state index contributed by atoms with van der Waals surface area (Å²) in [6.45, 7) is 2.12. The summed E-state index contributed by atoms with van der Waals surface area (Å²) in [6.07, 6.45) is 1.65. The third kappa shape index (κ3) is 5.15. The number of aromatic nitrogens is 1. The molecule has 1 aromatic rings. The molecule has 84 valence electrons. The molecule has 6 heteroatoms. The number of nitrogens with zero attached hydrogens (tertiary/aromatic N) is 1. The van der Waals surface area contributed by atoms with E-state index in [0.717, 1.165) is 5.75 Å². The maximum Gasteiger partial charge on any atom is 0.236 e. The number of thiazole rings is 1. The van der Waals surface area contributed by atoms with Crippen LogP contribution in [0.5, 0.6) is 0 Å². The number of nitrogens with one attached hydrogen (secondary N) is 1. The van der Waals surface area contributed by atoms with Gasteiger partial charge in [-0.15, -0.1) is 11.3 Å². The van der Waals surface area contributed by atoms with Gasteiger partial charge in [0.05, 0.1) is 5.75 Å². The van der Waals surface area contributed by atoms with Gasteiger partial charge in [0, 0.05) is 18.2 Å². The van der Waals surface area contributed by atoms with Crippen molar-refractivity contribution in [3.8, 4) is 0 Å². The number of carbonyl (C=O) groups excluding carboxylic acids is 1. The first-order valence-corrected chi connectivity index (χ1v) is 6.63. The maximum absolute atomic E-state index is 11.4. The number of carbonyl (C=O) groups is 1. The van der Waals surface area contributed by atoms with E-state index in [2.05, 4.69) is 10.3 Å². The van der Waals surface area contributed by atoms with Crippen LogP contribution in [0.2, 0.25) is 0 Å². The van der Waals surface area contributed by atoms with E-state index >= 15 is 0 Å². The molecule has 0 aliphatic rings. The summed E-state index contributed by atoms with van der Waals surface area (Å²) < 4.78 is 0. The van der Waals surface area contributed by atoms with Crippen LogP contribution in [0.15, 0.2) is 11.6 Å². The van der Waals surface area contributed by atoms with Crippen LogP contribution in [0.3, 0.4) is 0 Å². The average molecular weight is 246 g/mol. The monoisotopic (exact) mass is 246 g/mol. The summed E-state index contributed by atoms with van der Waals surface area (Å²) in [5, 5.41) is 13.9. The second-order valence-corrected chi connectivity index (χ2v) is 5.11. The molecule has 0 aliphatic heterocycles. The predicted octanol–water partition coefficient (Wildman–Crippen LogP) is 1.44. The first-order chi connectivity index (χ1) is 7.22. The first-order valence-electron chi connectivity index (χ1n) is 4.60. The van der Waals surface area contributed by atoms with Crippen molar-refractivity contribution in [1.29, 1.82) is 0 Å². The van der Waals surface area contributed by atoms with Crippen molar-refractivity contribution >= 4 is 34.1 Å². The SMILES string of the molecule is CC(CO)CSCC(=O)Nc1nccs1. The van der Waals surface area contributed by atoms with Crippen molar-refractivity contribution in [2.45, 2.75) is 6.92 Å². The Morgan fingerprint density at radius 2 is 2.60 bits per heavy atom. The van der Waals surface area contributed by atoms with Gasteiger partial charge >= 0.3 is 0 Å². The van der Waals surface area contributed by atoms with E-state index in [1.165, 1.54) is 23.1 Å². The average Bonchev–Trinajstić information content (AvgIpc) is 2.70. The highest BCUT2D eigenvalue weighted by Crippen LogP contribution is 2.12. The van der Waals surface area contributed by atoms with E-state index in [1.807, 2.05) is 12.3 Å². The van der Waals surface area contributed by atoms with Crippen LogP contribution in [0.1, 0.15) is 6.92 Å². The second kappa shape index (κ2) is 6.81. The molecule has 0 bridgehead atoms. The van der Waals surface area contributed by atoms with Crippen molar-refractivity contribution in [1.82, 2.24) is 4.98 Å². The molecule has 0 saturated carbocycles. The normalized spacial score (nSPS) is 12.4. The lowest BCUT2D eigenvalue weighted by atomic mass is 10.2. The Bertz CT molecular complexity index is 290. The largest absolute Gasteiger partial charge is 0.396 e. The van der Waals surface area contributed by atoms with Crippen LogP contribution in [0.25, 0.3) is 0 Å². The minimum atomic E-state index is -0.0416. The van der Waals surface area contributed by atoms with Gasteiger partial charge in [-0.1, -0.05) is 6.92 Å². The third-order valence-corrected chi connectivity index (χ3v) is 3.59. The van der Waals surface area contributed by atoms with Gasteiger partial charge < -0.3 is 10.4 Å². The van der Waals surface area contributed by atoms with E-state index in [9.17, 15) is 4.79 Å². The van der Waals surface area contributed by atoms with Crippen LogP contribution >= 0.6 is 23.1 Å². The van der Waals surface area contributed by atoms with Gasteiger partial charge in [0.25, 0.3) is 0 Å². The number of hydrogen-bond donors (Lipinski definition) is 2. The summed E-state index contributed by atoms with van der Waals surface area (Å²) in [7, 11) is 0. The van der Waals surface area contributed by atoms with Crippen molar-refractivity contribution in [3.05, 3.63) is 11.6 Å². The van der Waals surface area contributed by atoms with Crippen molar-refractivity contribution < 1.29 is 9.90 Å². The van der Waals surface area contributed by atoms with Crippen molar-refractivity contribution in [2.75, 3.05) is 23.4 Å². The van der Waals surface area contributed by atoms with Gasteiger partial charge in [-0.2, -0.15) is 11.8 Å². The minimum absolute atomic E-state index is 0.0416. The Morgan fingerprint density at radius 1 is 1.80 bits per heavy atom. The van der Waals surface area contributed by atoms with Crippen LogP contribution < -0.4 is 5.32 Å². The molecule has 0 aliphatic carbocycles. The van der Waals surface area contributed by atoms with E-state index in [-0.39, 0.29) is 18.4 Å². The Labute approximate surface area is 97.1 Å². The molecule has 0 radical (unpaired) electrons. The fourth-order valence-corrected chi connectivity index (χ4v) is 2.27. The molecular weight excluding hydrogens is 232 g/mol. The Morgan fingerprint density at radius 3 is 3.20 bits per heavy atom. The maximum atomic E-state index is 11.4. The number of hydrogen-bond acceptors (Lipinski definition) is 5. The fourth-order valence-electron chi connectivity index (χ4n) is 0.846. The van der Waals surface area contributed by atoms with Gasteiger partial charge in [0.15, 0.2) is 5.13 Å². The van der Waals surface area contributed by atoms with Crippen molar-refractivity contribution in [2.24, 2.45) is 5.92 Å². The van der Waals surface area contributed by atoms with E-state index in [1.54, 1.807) is 6.20 Å². The Hall–Kier alpha value is -0.590. The number of amides is 1. The summed E-state index contributed by atoms with van der Waals surface area (Å²) in [4.78, 5) is 15.3. The van der Waals surface area contributed by atoms with Crippen LogP contribution in [-0.4, -0.2) is 34.1 Å². The quantitative estimate of drug-likeness (QED) is 0.797. The molecule has 1 amide bonds. The molecule has 4 nitrogen and oxygen atoms in total. The number of aliphatic hydroxyl groups excluding tert-OH is 1. The van der Waals surface area contributed by atoms with Gasteiger partial charge in [0.2, 0.25) is 5.91 Å². The molecule has 1 aromatic heterocycles. The summed E-state index contributed by atoms with van der Waals surface area (Å²) in [5.74, 6) is 1.40. The van der Waals surface area contributed by atoms with Gasteiger partial charge in [-0.25, -0.2) is 4.98 Å². The zero-order valence-corrected chi connectivity index (χ0v) is 10.1. The van der Waals surface area contributed by atoms with Crippen molar-refractivity contribution in [3.63, 3.8) is 0 Å². The highest BCUT2D eigenvalue weighted by Gasteiger charge is 2.06. The summed E-state index contributed by atoms with van der Waals surface area (Å²) in [6, 6.07) is 0. The molecule has 1 atom stereocenters. The standard InChI is InChI=1S/C9H14N2O2S2/c1-7(4-12)5-14-6-8(13)11-9-10-2-3-15-9/h2-3,7,12H,4-6H2,1H3,(H,10,11,13). The van der Waals surface area contributed by atoms with Crippen LogP contribution in [-0.2, 0) is 4.79 Å². The lowest BCUT2D eigenvalue weighted by Gasteiger charge is -2.06. The number of rotatable bonds is 6. The molecule has 1 unspecified atom stereocenters. The molecule has 0 saturated heterocycles. The molecule has 1 rings (SSSR count). The molecule has 15 heavy (non-hydrogen) atoms. The molecule has 2 N–H and O–H groups in total. The van der Waals surface area contributed by atoms with Gasteiger partial charge in [-0.3, -0.25) is 4.79 Å². The van der Waals surface area contributed by atoms with E-state index < -0.39 is 0 Å². The minimum Gasteiger partial charge on any atom is -0.396 e. The predicted molar refractivity (Wildman–Crippen MR) is 64.3 cm³/mol. The third-order valence-electron chi connectivity index (χ3n) is 1.63. The second-order valence-electron chi connectivity index (χ2n) is 3.19. The smallest absolute Gasteiger partial charge is 0.236 e. The highest BCUT2D eigenvalue weighted by molar-refractivity contribution is 7.99. The van der Waals surface area contributed by atoms with E-state index in [4.69, 9.17) is 5.11 Å². The molecule has 0 fully saturated rings. The molecule has 1 heterocycles. The highest BCUT2D eigenvalue weighted by atomic mass is 32.2. The topological polar surface area (TPSA) is 62.2 Å². The number of aliphatic hydroxyl groups is 1. The van der Waals surface area contributed by atoms with Crippen LogP contribution in [0.4, 0.5) is 5.13 Å². The molecular formula is C9H14N2O2S2. The first kappa shape index (κ1) is 12.5. The Kier molecular flexibility index (Phi) is 5.67. The molecule has 0 aromatic carbocycles. The molecule has 0 spiro atoms. The lowest BCUT2D eigenvalue weighted by Crippen LogP contribution is -2.15. The zero-order chi connectivity index (χ0) is 11.1. The van der Waals surface area contributed by atoms with E-state index in [0.29, 0.717) is 10.9 Å². The Balaban J connectivity index is 2.14. The number of thioether (sulfide) groups is 1. The van der Waals surface area contributed by atoms with Gasteiger partial charge in [0.1, 0.15) is 0 Å². The summed E-state index contributed by atoms with van der Waals surface area (Å²) in [5.41, 5.74) is 0. The number of anilines is 1. The summed E-state index contributed by atoms with van der Waals surface area (Å²) >= 11 is 2.92. The van der Waals surface area contributed by atoms with Crippen LogP contribution in [0, 0.1) is 5.92 Å². The zero-order valence-electron chi connectivity index (χ0n) is 8.47. The lowest BCUT2D eigenvalue weighted by molar-refractivity contribution is -0.113. The fraction of sp³-hybridized carbons (Fsp3) is 0.556.